The van der Waals surface area contributed by atoms with E-state index >= 15 is 0 Å². The van der Waals surface area contributed by atoms with E-state index in [1.807, 2.05) is 48.7 Å². The van der Waals surface area contributed by atoms with Crippen LogP contribution < -0.4 is 10.2 Å². The van der Waals surface area contributed by atoms with E-state index in [9.17, 15) is 9.59 Å². The van der Waals surface area contributed by atoms with Gasteiger partial charge in [0, 0.05) is 42.3 Å². The van der Waals surface area contributed by atoms with Crippen LogP contribution in [0.2, 0.25) is 0 Å². The molecule has 0 bridgehead atoms. The second kappa shape index (κ2) is 9.54. The Kier molecular flexibility index (Phi) is 6.34. The van der Waals surface area contributed by atoms with Gasteiger partial charge in [0.2, 0.25) is 11.8 Å². The molecule has 172 valence electrons. The van der Waals surface area contributed by atoms with Crippen molar-refractivity contribution in [2.45, 2.75) is 17.9 Å². The molecule has 5 rings (SSSR count). The molecule has 3 heterocycles. The first-order chi connectivity index (χ1) is 16.1. The van der Waals surface area contributed by atoms with Crippen molar-refractivity contribution in [1.29, 1.82) is 0 Å². The maximum Gasteiger partial charge on any atom is 0.229 e. The molecule has 2 aromatic carbocycles. The SMILES string of the molecule is CSc1ccc(N2CC(C(=O)Nc3ccc4nc(CN5CCOCC5)[nH]c4c3)CC2=O)cc1. The Bertz CT molecular complexity index is 1160. The molecular weight excluding hydrogens is 438 g/mol. The molecular formula is C24H27N5O3S. The molecule has 9 heteroatoms. The Morgan fingerprint density at radius 3 is 2.76 bits per heavy atom. The van der Waals surface area contributed by atoms with Crippen LogP contribution in [-0.4, -0.2) is 65.8 Å². The number of fused-ring (bicyclic) bond motifs is 1. The molecule has 0 aliphatic carbocycles. The Morgan fingerprint density at radius 1 is 1.21 bits per heavy atom. The number of H-pyrrole nitrogens is 1. The first-order valence-electron chi connectivity index (χ1n) is 11.1. The van der Waals surface area contributed by atoms with Gasteiger partial charge in [-0.1, -0.05) is 0 Å². The third kappa shape index (κ3) is 4.90. The van der Waals surface area contributed by atoms with Crippen molar-refractivity contribution in [1.82, 2.24) is 14.9 Å². The average Bonchev–Trinajstić information content (AvgIpc) is 3.42. The second-order valence-corrected chi connectivity index (χ2v) is 9.28. The predicted molar refractivity (Wildman–Crippen MR) is 130 cm³/mol. The monoisotopic (exact) mass is 465 g/mol. The van der Waals surface area contributed by atoms with Crippen LogP contribution in [0.4, 0.5) is 11.4 Å². The molecule has 2 fully saturated rings. The van der Waals surface area contributed by atoms with Gasteiger partial charge in [-0.3, -0.25) is 14.5 Å². The van der Waals surface area contributed by atoms with Gasteiger partial charge >= 0.3 is 0 Å². The second-order valence-electron chi connectivity index (χ2n) is 8.40. The van der Waals surface area contributed by atoms with Crippen molar-refractivity contribution in [3.8, 4) is 0 Å². The predicted octanol–water partition coefficient (Wildman–Crippen LogP) is 3.11. The van der Waals surface area contributed by atoms with Gasteiger partial charge in [-0.15, -0.1) is 11.8 Å². The molecule has 2 saturated heterocycles. The number of nitrogens with zero attached hydrogens (tertiary/aromatic N) is 3. The van der Waals surface area contributed by atoms with E-state index in [4.69, 9.17) is 4.74 Å². The maximum atomic E-state index is 12.9. The molecule has 8 nitrogen and oxygen atoms in total. The average molecular weight is 466 g/mol. The van der Waals surface area contributed by atoms with E-state index in [0.717, 1.165) is 60.3 Å². The topological polar surface area (TPSA) is 90.6 Å². The lowest BCUT2D eigenvalue weighted by molar-refractivity contribution is -0.122. The molecule has 1 unspecified atom stereocenters. The lowest BCUT2D eigenvalue weighted by atomic mass is 10.1. The van der Waals surface area contributed by atoms with Crippen LogP contribution >= 0.6 is 11.8 Å². The third-order valence-electron chi connectivity index (χ3n) is 6.16. The number of anilines is 2. The van der Waals surface area contributed by atoms with Gasteiger partial charge < -0.3 is 19.9 Å². The van der Waals surface area contributed by atoms with E-state index in [2.05, 4.69) is 20.2 Å². The molecule has 2 aliphatic rings. The molecule has 2 aliphatic heterocycles. The van der Waals surface area contributed by atoms with Crippen LogP contribution in [0.15, 0.2) is 47.4 Å². The molecule has 0 radical (unpaired) electrons. The van der Waals surface area contributed by atoms with Crippen LogP contribution in [0.1, 0.15) is 12.2 Å². The van der Waals surface area contributed by atoms with E-state index in [1.54, 1.807) is 16.7 Å². The highest BCUT2D eigenvalue weighted by Gasteiger charge is 2.35. The molecule has 3 aromatic rings. The first kappa shape index (κ1) is 21.9. The van der Waals surface area contributed by atoms with Crippen LogP contribution in [-0.2, 0) is 20.9 Å². The van der Waals surface area contributed by atoms with Crippen molar-refractivity contribution in [2.24, 2.45) is 5.92 Å². The minimum absolute atomic E-state index is 0.0242. The Morgan fingerprint density at radius 2 is 2.00 bits per heavy atom. The van der Waals surface area contributed by atoms with Gasteiger partial charge in [0.25, 0.3) is 0 Å². The van der Waals surface area contributed by atoms with Gasteiger partial charge in [-0.25, -0.2) is 4.98 Å². The number of hydrogen-bond acceptors (Lipinski definition) is 6. The highest BCUT2D eigenvalue weighted by molar-refractivity contribution is 7.98. The summed E-state index contributed by atoms with van der Waals surface area (Å²) in [4.78, 5) is 38.6. The highest BCUT2D eigenvalue weighted by Crippen LogP contribution is 2.28. The van der Waals surface area contributed by atoms with Gasteiger partial charge in [0.1, 0.15) is 5.82 Å². The van der Waals surface area contributed by atoms with E-state index in [1.165, 1.54) is 0 Å². The maximum absolute atomic E-state index is 12.9. The Labute approximate surface area is 196 Å². The normalized spacial score (nSPS) is 19.4. The van der Waals surface area contributed by atoms with Crippen LogP contribution in [0.5, 0.6) is 0 Å². The number of nitrogens with one attached hydrogen (secondary N) is 2. The van der Waals surface area contributed by atoms with Gasteiger partial charge in [0.05, 0.1) is 36.7 Å². The number of ether oxygens (including phenoxy) is 1. The number of thioether (sulfide) groups is 1. The number of amides is 2. The summed E-state index contributed by atoms with van der Waals surface area (Å²) in [5, 5.41) is 2.98. The molecule has 0 spiro atoms. The summed E-state index contributed by atoms with van der Waals surface area (Å²) in [6.45, 7) is 4.44. The number of aromatic amines is 1. The fourth-order valence-corrected chi connectivity index (χ4v) is 4.73. The van der Waals surface area contributed by atoms with Gasteiger partial charge in [-0.05, 0) is 48.7 Å². The third-order valence-corrected chi connectivity index (χ3v) is 6.90. The van der Waals surface area contributed by atoms with Crippen LogP contribution in [0.25, 0.3) is 11.0 Å². The van der Waals surface area contributed by atoms with Crippen molar-refractivity contribution in [3.63, 3.8) is 0 Å². The van der Waals surface area contributed by atoms with Crippen molar-refractivity contribution < 1.29 is 14.3 Å². The zero-order valence-corrected chi connectivity index (χ0v) is 19.4. The minimum Gasteiger partial charge on any atom is -0.379 e. The first-order valence-corrected chi connectivity index (χ1v) is 12.4. The lowest BCUT2D eigenvalue weighted by Crippen LogP contribution is -2.35. The molecule has 2 N–H and O–H groups in total. The fraction of sp³-hybridized carbons (Fsp3) is 0.375. The largest absolute Gasteiger partial charge is 0.379 e. The molecule has 1 atom stereocenters. The van der Waals surface area contributed by atoms with E-state index < -0.39 is 0 Å². The van der Waals surface area contributed by atoms with Gasteiger partial charge in [-0.2, -0.15) is 0 Å². The van der Waals surface area contributed by atoms with Crippen molar-refractivity contribution >= 4 is 46.0 Å². The summed E-state index contributed by atoms with van der Waals surface area (Å²) >= 11 is 1.66. The van der Waals surface area contributed by atoms with Crippen molar-refractivity contribution in [3.05, 3.63) is 48.3 Å². The number of carbonyl (C=O) groups is 2. The zero-order valence-electron chi connectivity index (χ0n) is 18.5. The van der Waals surface area contributed by atoms with Gasteiger partial charge in [0.15, 0.2) is 0 Å². The molecule has 1 aromatic heterocycles. The lowest BCUT2D eigenvalue weighted by Gasteiger charge is -2.25. The summed E-state index contributed by atoms with van der Waals surface area (Å²) in [5.41, 5.74) is 3.28. The number of rotatable bonds is 6. The quantitative estimate of drug-likeness (QED) is 0.544. The number of carbonyl (C=O) groups excluding carboxylic acids is 2. The summed E-state index contributed by atoms with van der Waals surface area (Å²) < 4.78 is 5.40. The fourth-order valence-electron chi connectivity index (χ4n) is 4.33. The highest BCUT2D eigenvalue weighted by atomic mass is 32.2. The minimum atomic E-state index is -0.382. The standard InChI is InChI=1S/C24H27N5O3S/c1-33-19-5-3-18(4-6-19)29-14-16(12-23(29)30)24(31)25-17-2-7-20-21(13-17)27-22(26-20)15-28-8-10-32-11-9-28/h2-7,13,16H,8-12,14-15H2,1H3,(H,25,31)(H,26,27). The van der Waals surface area contributed by atoms with Crippen LogP contribution in [0.3, 0.4) is 0 Å². The summed E-state index contributed by atoms with van der Waals surface area (Å²) in [5.74, 6) is 0.356. The van der Waals surface area contributed by atoms with Crippen LogP contribution in [0, 0.1) is 5.92 Å². The Hall–Kier alpha value is -2.88. The summed E-state index contributed by atoms with van der Waals surface area (Å²) in [6, 6.07) is 13.5. The number of hydrogen-bond donors (Lipinski definition) is 2. The molecule has 2 amide bonds. The number of morpholine rings is 1. The smallest absolute Gasteiger partial charge is 0.229 e. The van der Waals surface area contributed by atoms with Crippen molar-refractivity contribution in [2.75, 3.05) is 49.3 Å². The number of imidazole rings is 1. The Balaban J connectivity index is 1.23. The van der Waals surface area contributed by atoms with E-state index in [0.29, 0.717) is 12.2 Å². The zero-order chi connectivity index (χ0) is 22.8. The number of aromatic nitrogens is 2. The van der Waals surface area contributed by atoms with E-state index in [-0.39, 0.29) is 24.2 Å². The summed E-state index contributed by atoms with van der Waals surface area (Å²) in [7, 11) is 0. The molecule has 33 heavy (non-hydrogen) atoms. The number of benzene rings is 2. The summed E-state index contributed by atoms with van der Waals surface area (Å²) in [6.07, 6.45) is 2.23. The molecule has 0 saturated carbocycles.